The van der Waals surface area contributed by atoms with Crippen molar-refractivity contribution in [2.24, 2.45) is 11.8 Å². The number of piperidine rings is 1. The van der Waals surface area contributed by atoms with E-state index in [1.807, 2.05) is 0 Å². The molecule has 2 rings (SSSR count). The summed E-state index contributed by atoms with van der Waals surface area (Å²) >= 11 is -0.800. The Bertz CT molecular complexity index is 421. The molecule has 0 radical (unpaired) electrons. The SMILES string of the molecule is CCCSC(F)(F)C(F)(F)C(F)(F)SN1CCC2CCCCC2C1. The molecule has 0 spiro atoms. The number of nitrogens with zero attached hydrogens (tertiary/aromatic N) is 1. The Morgan fingerprint density at radius 1 is 0.917 bits per heavy atom. The third-order valence-electron chi connectivity index (χ3n) is 4.72. The maximum atomic E-state index is 14.0. The van der Waals surface area contributed by atoms with Gasteiger partial charge in [-0.1, -0.05) is 37.9 Å². The van der Waals surface area contributed by atoms with Gasteiger partial charge in [0, 0.05) is 25.0 Å². The summed E-state index contributed by atoms with van der Waals surface area (Å²) in [6.07, 6.45) is 4.94. The van der Waals surface area contributed by atoms with Gasteiger partial charge >= 0.3 is 16.4 Å². The number of hydrogen-bond acceptors (Lipinski definition) is 3. The predicted molar refractivity (Wildman–Crippen MR) is 86.8 cm³/mol. The first-order valence-corrected chi connectivity index (χ1v) is 10.1. The Labute approximate surface area is 147 Å². The van der Waals surface area contributed by atoms with E-state index >= 15 is 0 Å². The predicted octanol–water partition coefficient (Wildman–Crippen LogP) is 6.11. The van der Waals surface area contributed by atoms with Gasteiger partial charge in [0.15, 0.2) is 0 Å². The van der Waals surface area contributed by atoms with Crippen molar-refractivity contribution in [3.05, 3.63) is 0 Å². The summed E-state index contributed by atoms with van der Waals surface area (Å²) in [7, 11) is 0. The molecule has 0 aromatic heterocycles. The van der Waals surface area contributed by atoms with Crippen LogP contribution in [0.2, 0.25) is 0 Å². The number of halogens is 6. The maximum absolute atomic E-state index is 14.0. The highest BCUT2D eigenvalue weighted by molar-refractivity contribution is 8.00. The zero-order valence-corrected chi connectivity index (χ0v) is 15.2. The van der Waals surface area contributed by atoms with Crippen molar-refractivity contribution in [3.63, 3.8) is 0 Å². The van der Waals surface area contributed by atoms with Gasteiger partial charge in [-0.25, -0.2) is 4.31 Å². The standard InChI is InChI=1S/C15H23F6NS2/c1-2-9-23-14(18,19)13(16,17)15(20,21)24-22-8-7-11-5-3-4-6-12(11)10-22/h11-12H,2-10H2,1H3. The molecule has 2 fully saturated rings. The van der Waals surface area contributed by atoms with Gasteiger partial charge in [-0.3, -0.25) is 0 Å². The smallest absolute Gasteiger partial charge is 0.245 e. The topological polar surface area (TPSA) is 3.24 Å². The second kappa shape index (κ2) is 7.86. The lowest BCUT2D eigenvalue weighted by molar-refractivity contribution is -0.238. The average molecular weight is 395 g/mol. The van der Waals surface area contributed by atoms with E-state index in [1.165, 1.54) is 11.2 Å². The summed E-state index contributed by atoms with van der Waals surface area (Å²) in [5, 5.41) is -9.62. The third-order valence-corrected chi connectivity index (χ3v) is 7.02. The van der Waals surface area contributed by atoms with Gasteiger partial charge in [-0.15, -0.1) is 0 Å². The van der Waals surface area contributed by atoms with Crippen LogP contribution in [0.3, 0.4) is 0 Å². The summed E-state index contributed by atoms with van der Waals surface area (Å²) < 4.78 is 84.1. The Morgan fingerprint density at radius 3 is 2.17 bits per heavy atom. The third kappa shape index (κ3) is 4.31. The lowest BCUT2D eigenvalue weighted by atomic mass is 9.76. The Hall–Kier alpha value is 0.240. The van der Waals surface area contributed by atoms with Crippen LogP contribution in [0.5, 0.6) is 0 Å². The molecule has 2 unspecified atom stereocenters. The fourth-order valence-electron chi connectivity index (χ4n) is 3.36. The van der Waals surface area contributed by atoms with E-state index in [2.05, 4.69) is 0 Å². The molecule has 0 amide bonds. The van der Waals surface area contributed by atoms with Crippen LogP contribution < -0.4 is 0 Å². The highest BCUT2D eigenvalue weighted by atomic mass is 32.2. The number of alkyl halides is 6. The first-order valence-electron chi connectivity index (χ1n) is 8.32. The van der Waals surface area contributed by atoms with Gasteiger partial charge in [0.25, 0.3) is 0 Å². The molecule has 2 aliphatic rings. The molecule has 1 saturated heterocycles. The molecule has 1 nitrogen and oxygen atoms in total. The average Bonchev–Trinajstić information content (AvgIpc) is 2.52. The fraction of sp³-hybridized carbons (Fsp3) is 1.00. The van der Waals surface area contributed by atoms with Crippen molar-refractivity contribution in [1.82, 2.24) is 4.31 Å². The van der Waals surface area contributed by atoms with Crippen LogP contribution >= 0.6 is 23.7 Å². The highest BCUT2D eigenvalue weighted by Gasteiger charge is 2.73. The molecular formula is C15H23F6NS2. The molecule has 24 heavy (non-hydrogen) atoms. The van der Waals surface area contributed by atoms with Crippen molar-refractivity contribution in [1.29, 1.82) is 0 Å². The lowest BCUT2D eigenvalue weighted by Gasteiger charge is -2.42. The van der Waals surface area contributed by atoms with Crippen molar-refractivity contribution >= 4 is 23.7 Å². The molecule has 1 heterocycles. The van der Waals surface area contributed by atoms with Crippen molar-refractivity contribution in [2.45, 2.75) is 61.9 Å². The normalized spacial score (nSPS) is 27.1. The fourth-order valence-corrected chi connectivity index (χ4v) is 5.22. The van der Waals surface area contributed by atoms with Gasteiger partial charge < -0.3 is 0 Å². The first-order chi connectivity index (χ1) is 11.1. The molecular weight excluding hydrogens is 372 g/mol. The van der Waals surface area contributed by atoms with Crippen LogP contribution in [0, 0.1) is 11.8 Å². The van der Waals surface area contributed by atoms with Crippen LogP contribution in [-0.2, 0) is 0 Å². The number of fused-ring (bicyclic) bond motifs is 1. The zero-order valence-electron chi connectivity index (χ0n) is 13.6. The van der Waals surface area contributed by atoms with E-state index in [0.717, 1.165) is 25.7 Å². The number of hydrogen-bond donors (Lipinski definition) is 0. The van der Waals surface area contributed by atoms with Gasteiger partial charge in [0.2, 0.25) is 0 Å². The number of thioether (sulfide) groups is 1. The molecule has 9 heteroatoms. The summed E-state index contributed by atoms with van der Waals surface area (Å²) in [6, 6.07) is 0. The Kier molecular flexibility index (Phi) is 6.73. The lowest BCUT2D eigenvalue weighted by Crippen LogP contribution is -2.53. The molecule has 1 aliphatic carbocycles. The minimum Gasteiger partial charge on any atom is -0.245 e. The van der Waals surface area contributed by atoms with E-state index in [0.29, 0.717) is 12.3 Å². The van der Waals surface area contributed by atoms with Crippen LogP contribution in [0.15, 0.2) is 0 Å². The summed E-state index contributed by atoms with van der Waals surface area (Å²) in [5.41, 5.74) is 0. The van der Waals surface area contributed by atoms with Crippen LogP contribution in [0.1, 0.15) is 45.4 Å². The van der Waals surface area contributed by atoms with Crippen LogP contribution in [0.4, 0.5) is 26.3 Å². The zero-order chi connectivity index (χ0) is 18.0. The molecule has 142 valence electrons. The van der Waals surface area contributed by atoms with E-state index in [4.69, 9.17) is 0 Å². The summed E-state index contributed by atoms with van der Waals surface area (Å²) in [6.45, 7) is 2.04. The number of rotatable bonds is 7. The van der Waals surface area contributed by atoms with Gasteiger partial charge in [-0.2, -0.15) is 26.3 Å². The van der Waals surface area contributed by atoms with E-state index < -0.39 is 40.1 Å². The maximum Gasteiger partial charge on any atom is 0.392 e. The van der Waals surface area contributed by atoms with E-state index in [1.54, 1.807) is 0 Å². The summed E-state index contributed by atoms with van der Waals surface area (Å²) in [5.74, 6) is -5.03. The molecule has 0 bridgehead atoms. The summed E-state index contributed by atoms with van der Waals surface area (Å²) in [4.78, 5) is 0. The van der Waals surface area contributed by atoms with Crippen molar-refractivity contribution < 1.29 is 26.3 Å². The molecule has 1 aliphatic heterocycles. The second-order valence-corrected chi connectivity index (χ2v) is 8.95. The Balaban J connectivity index is 2.01. The van der Waals surface area contributed by atoms with E-state index in [9.17, 15) is 26.3 Å². The minimum absolute atomic E-state index is 0.208. The molecule has 2 atom stereocenters. The largest absolute Gasteiger partial charge is 0.392 e. The molecule has 1 saturated carbocycles. The van der Waals surface area contributed by atoms with Gasteiger partial charge in [0.1, 0.15) is 0 Å². The van der Waals surface area contributed by atoms with Crippen molar-refractivity contribution in [3.8, 4) is 0 Å². The molecule has 0 aromatic rings. The van der Waals surface area contributed by atoms with Gasteiger partial charge in [-0.05, 0) is 36.9 Å². The Morgan fingerprint density at radius 2 is 1.54 bits per heavy atom. The van der Waals surface area contributed by atoms with Gasteiger partial charge in [0.05, 0.1) is 0 Å². The first kappa shape index (κ1) is 20.6. The van der Waals surface area contributed by atoms with Crippen LogP contribution in [0.25, 0.3) is 0 Å². The molecule has 0 aromatic carbocycles. The quantitative estimate of drug-likeness (QED) is 0.378. The van der Waals surface area contributed by atoms with Crippen molar-refractivity contribution in [2.75, 3.05) is 18.8 Å². The monoisotopic (exact) mass is 395 g/mol. The molecule has 0 N–H and O–H groups in total. The minimum atomic E-state index is -5.39. The highest BCUT2D eigenvalue weighted by Crippen LogP contribution is 2.56. The van der Waals surface area contributed by atoms with Crippen LogP contribution in [-0.4, -0.2) is 39.6 Å². The van der Waals surface area contributed by atoms with E-state index in [-0.39, 0.29) is 31.2 Å². The second-order valence-electron chi connectivity index (χ2n) is 6.53.